The van der Waals surface area contributed by atoms with Crippen LogP contribution in [0.4, 0.5) is 5.69 Å². The Morgan fingerprint density at radius 2 is 2.00 bits per heavy atom. The lowest BCUT2D eigenvalue weighted by atomic mass is 10.2. The third kappa shape index (κ3) is 3.43. The number of rotatable bonds is 6. The van der Waals surface area contributed by atoms with Gasteiger partial charge >= 0.3 is 5.97 Å². The number of benzene rings is 1. The molecule has 0 aliphatic carbocycles. The first kappa shape index (κ1) is 18.0. The van der Waals surface area contributed by atoms with Crippen molar-refractivity contribution < 1.29 is 14.3 Å². The van der Waals surface area contributed by atoms with E-state index < -0.39 is 0 Å². The molecule has 0 aliphatic rings. The smallest absolute Gasteiger partial charge is 0.350 e. The Hall–Kier alpha value is -2.80. The van der Waals surface area contributed by atoms with E-state index >= 15 is 0 Å². The number of ether oxygens (including phenoxy) is 2. The summed E-state index contributed by atoms with van der Waals surface area (Å²) in [7, 11) is 4.83. The Balaban J connectivity index is 1.89. The molecule has 0 aliphatic heterocycles. The molecule has 6 nitrogen and oxygen atoms in total. The van der Waals surface area contributed by atoms with Gasteiger partial charge in [-0.05, 0) is 30.7 Å². The van der Waals surface area contributed by atoms with Crippen molar-refractivity contribution in [3.8, 4) is 16.2 Å². The summed E-state index contributed by atoms with van der Waals surface area (Å²) in [5.74, 6) is 0.494. The Morgan fingerprint density at radius 3 is 2.62 bits per heavy atom. The lowest BCUT2D eigenvalue weighted by Gasteiger charge is -2.06. The summed E-state index contributed by atoms with van der Waals surface area (Å²) < 4.78 is 12.0. The van der Waals surface area contributed by atoms with Crippen LogP contribution in [0.2, 0.25) is 0 Å². The number of anilines is 1. The lowest BCUT2D eigenvalue weighted by molar-refractivity contribution is 0.0607. The van der Waals surface area contributed by atoms with E-state index in [2.05, 4.69) is 10.4 Å². The third-order valence-corrected chi connectivity index (χ3v) is 5.38. The van der Waals surface area contributed by atoms with Crippen LogP contribution in [0.5, 0.6) is 5.75 Å². The van der Waals surface area contributed by atoms with E-state index in [1.165, 1.54) is 18.4 Å². The van der Waals surface area contributed by atoms with Crippen molar-refractivity contribution in [2.75, 3.05) is 26.6 Å². The first-order valence-electron chi connectivity index (χ1n) is 8.13. The Bertz CT molecular complexity index is 913. The number of nitrogens with one attached hydrogen (secondary N) is 1. The summed E-state index contributed by atoms with van der Waals surface area (Å²) in [4.78, 5) is 13.5. The topological polar surface area (TPSA) is 65.4 Å². The Kier molecular flexibility index (Phi) is 5.27. The Morgan fingerprint density at radius 1 is 1.27 bits per heavy atom. The van der Waals surface area contributed by atoms with Crippen molar-refractivity contribution in [1.29, 1.82) is 0 Å². The number of carbonyl (C=O) groups excluding carboxylic acids is 1. The SMILES string of the molecule is CNc1cc(-c2cnn(Cc3ccc(OC)cc3)c2C)sc1C(=O)OC. The van der Waals surface area contributed by atoms with Crippen LogP contribution in [0.1, 0.15) is 20.9 Å². The van der Waals surface area contributed by atoms with Crippen molar-refractivity contribution in [3.05, 3.63) is 52.7 Å². The maximum Gasteiger partial charge on any atom is 0.350 e. The van der Waals surface area contributed by atoms with Gasteiger partial charge in [0.1, 0.15) is 10.6 Å². The number of nitrogens with zero attached hydrogens (tertiary/aromatic N) is 2. The largest absolute Gasteiger partial charge is 0.497 e. The van der Waals surface area contributed by atoms with Gasteiger partial charge in [0.15, 0.2) is 0 Å². The summed E-state index contributed by atoms with van der Waals surface area (Å²) in [6.07, 6.45) is 1.84. The van der Waals surface area contributed by atoms with Gasteiger partial charge in [-0.15, -0.1) is 11.3 Å². The molecule has 0 atom stereocenters. The van der Waals surface area contributed by atoms with Crippen LogP contribution < -0.4 is 10.1 Å². The van der Waals surface area contributed by atoms with Gasteiger partial charge in [0, 0.05) is 23.2 Å². The first-order valence-corrected chi connectivity index (χ1v) is 8.94. The fourth-order valence-corrected chi connectivity index (χ4v) is 3.85. The van der Waals surface area contributed by atoms with Crippen LogP contribution in [0, 0.1) is 6.92 Å². The van der Waals surface area contributed by atoms with Crippen molar-refractivity contribution in [2.24, 2.45) is 0 Å². The maximum absolute atomic E-state index is 11.9. The average Bonchev–Trinajstić information content (AvgIpc) is 3.25. The molecule has 0 saturated heterocycles. The second-order valence-electron chi connectivity index (χ2n) is 5.74. The molecular formula is C19H21N3O3S. The molecule has 136 valence electrons. The molecular weight excluding hydrogens is 350 g/mol. The van der Waals surface area contributed by atoms with Crippen molar-refractivity contribution in [2.45, 2.75) is 13.5 Å². The highest BCUT2D eigenvalue weighted by molar-refractivity contribution is 7.18. The van der Waals surface area contributed by atoms with Crippen molar-refractivity contribution in [3.63, 3.8) is 0 Å². The molecule has 1 N–H and O–H groups in total. The van der Waals surface area contributed by atoms with Gasteiger partial charge in [-0.25, -0.2) is 4.79 Å². The molecule has 0 bridgehead atoms. The van der Waals surface area contributed by atoms with Crippen LogP contribution in [0.3, 0.4) is 0 Å². The number of thiophene rings is 1. The van der Waals surface area contributed by atoms with Gasteiger partial charge in [-0.1, -0.05) is 12.1 Å². The molecule has 1 aromatic carbocycles. The molecule has 0 fully saturated rings. The van der Waals surface area contributed by atoms with E-state index in [0.717, 1.165) is 33.1 Å². The second kappa shape index (κ2) is 7.61. The summed E-state index contributed by atoms with van der Waals surface area (Å²) in [5.41, 5.74) is 3.95. The lowest BCUT2D eigenvalue weighted by Crippen LogP contribution is -2.03. The number of aromatic nitrogens is 2. The van der Waals surface area contributed by atoms with Gasteiger partial charge in [-0.3, -0.25) is 4.68 Å². The highest BCUT2D eigenvalue weighted by Gasteiger charge is 2.19. The van der Waals surface area contributed by atoms with Gasteiger partial charge in [0.2, 0.25) is 0 Å². The van der Waals surface area contributed by atoms with Crippen LogP contribution in [-0.2, 0) is 11.3 Å². The summed E-state index contributed by atoms with van der Waals surface area (Å²) in [6.45, 7) is 2.70. The standard InChI is InChI=1S/C19H21N3O3S/c1-12-15(17-9-16(20-2)18(26-17)19(23)25-4)10-21-22(12)11-13-5-7-14(24-3)8-6-13/h5-10,20H,11H2,1-4H3. The zero-order valence-corrected chi connectivity index (χ0v) is 16.0. The van der Waals surface area contributed by atoms with Gasteiger partial charge in [0.25, 0.3) is 0 Å². The van der Waals surface area contributed by atoms with Crippen LogP contribution in [-0.4, -0.2) is 37.0 Å². The van der Waals surface area contributed by atoms with Crippen molar-refractivity contribution >= 4 is 23.0 Å². The predicted octanol–water partition coefficient (Wildman–Crippen LogP) is 3.81. The summed E-state index contributed by atoms with van der Waals surface area (Å²) >= 11 is 1.40. The molecule has 0 spiro atoms. The molecule has 3 rings (SSSR count). The molecule has 0 amide bonds. The number of methoxy groups -OCH3 is 2. The monoisotopic (exact) mass is 371 g/mol. The quantitative estimate of drug-likeness (QED) is 0.668. The molecule has 0 saturated carbocycles. The van der Waals surface area contributed by atoms with Crippen molar-refractivity contribution in [1.82, 2.24) is 9.78 Å². The summed E-state index contributed by atoms with van der Waals surface area (Å²) in [5, 5.41) is 7.56. The minimum atomic E-state index is -0.339. The third-order valence-electron chi connectivity index (χ3n) is 4.23. The fourth-order valence-electron chi connectivity index (χ4n) is 2.71. The van der Waals surface area contributed by atoms with Gasteiger partial charge in [0.05, 0.1) is 32.6 Å². The normalized spacial score (nSPS) is 10.6. The van der Waals surface area contributed by atoms with E-state index in [-0.39, 0.29) is 5.97 Å². The molecule has 26 heavy (non-hydrogen) atoms. The van der Waals surface area contributed by atoms with E-state index in [4.69, 9.17) is 9.47 Å². The Labute approximate surface area is 156 Å². The fraction of sp³-hybridized carbons (Fsp3) is 0.263. The molecule has 0 radical (unpaired) electrons. The predicted molar refractivity (Wildman–Crippen MR) is 103 cm³/mol. The first-order chi connectivity index (χ1) is 12.6. The number of carbonyl (C=O) groups is 1. The van der Waals surface area contributed by atoms with E-state index in [1.54, 1.807) is 14.2 Å². The second-order valence-corrected chi connectivity index (χ2v) is 6.80. The minimum Gasteiger partial charge on any atom is -0.497 e. The van der Waals surface area contributed by atoms with Gasteiger partial charge < -0.3 is 14.8 Å². The maximum atomic E-state index is 11.9. The number of hydrogen-bond donors (Lipinski definition) is 1. The molecule has 7 heteroatoms. The minimum absolute atomic E-state index is 0.339. The average molecular weight is 371 g/mol. The van der Waals surface area contributed by atoms with Gasteiger partial charge in [-0.2, -0.15) is 5.10 Å². The zero-order valence-electron chi connectivity index (χ0n) is 15.2. The number of hydrogen-bond acceptors (Lipinski definition) is 6. The van der Waals surface area contributed by atoms with Crippen LogP contribution in [0.15, 0.2) is 36.5 Å². The molecule has 0 unspecified atom stereocenters. The van der Waals surface area contributed by atoms with E-state index in [9.17, 15) is 4.79 Å². The molecule has 2 aromatic heterocycles. The highest BCUT2D eigenvalue weighted by atomic mass is 32.1. The van der Waals surface area contributed by atoms with Crippen LogP contribution in [0.25, 0.3) is 10.4 Å². The molecule has 3 aromatic rings. The van der Waals surface area contributed by atoms with E-state index in [1.807, 2.05) is 48.1 Å². The van der Waals surface area contributed by atoms with Crippen LogP contribution >= 0.6 is 11.3 Å². The highest BCUT2D eigenvalue weighted by Crippen LogP contribution is 2.36. The summed E-state index contributed by atoms with van der Waals surface area (Å²) in [6, 6.07) is 9.89. The zero-order chi connectivity index (χ0) is 18.7. The molecule has 2 heterocycles. The number of esters is 1. The van der Waals surface area contributed by atoms with E-state index in [0.29, 0.717) is 11.4 Å².